The number of nitrogens with zero attached hydrogens (tertiary/aromatic N) is 4. The highest BCUT2D eigenvalue weighted by Gasteiger charge is 2.39. The number of ether oxygens (including phenoxy) is 1. The van der Waals surface area contributed by atoms with Crippen LogP contribution in [-0.2, 0) is 4.74 Å². The van der Waals surface area contributed by atoms with Gasteiger partial charge in [0, 0.05) is 44.0 Å². The van der Waals surface area contributed by atoms with E-state index in [1.807, 2.05) is 36.9 Å². The second-order valence-corrected chi connectivity index (χ2v) is 6.92. The van der Waals surface area contributed by atoms with E-state index in [2.05, 4.69) is 31.9 Å². The van der Waals surface area contributed by atoms with E-state index >= 15 is 0 Å². The summed E-state index contributed by atoms with van der Waals surface area (Å²) in [5.41, 5.74) is 2.58. The molecule has 2 aromatic heterocycles. The van der Waals surface area contributed by atoms with Crippen molar-refractivity contribution in [1.29, 1.82) is 0 Å². The molecule has 1 atom stereocenters. The number of rotatable bonds is 2. The zero-order valence-corrected chi connectivity index (χ0v) is 14.0. The van der Waals surface area contributed by atoms with Gasteiger partial charge in [0.2, 0.25) is 0 Å². The Morgan fingerprint density at radius 2 is 1.58 bits per heavy atom. The smallest absolute Gasteiger partial charge is 0.0641 e. The molecular weight excluding hydrogens is 300 g/mol. The Balaban J connectivity index is 1.56. The number of hydrogen-bond donors (Lipinski definition) is 0. The maximum absolute atomic E-state index is 6.02. The van der Waals surface area contributed by atoms with Crippen LogP contribution in [0, 0.1) is 5.41 Å². The van der Waals surface area contributed by atoms with Crippen molar-refractivity contribution in [3.8, 4) is 0 Å². The van der Waals surface area contributed by atoms with Gasteiger partial charge in [-0.05, 0) is 37.1 Å². The van der Waals surface area contributed by atoms with E-state index in [9.17, 15) is 0 Å². The molecule has 0 N–H and O–H groups in total. The SMILES string of the molecule is c1cncc(N2CCCC3(COCCN(c4cccnc4)C3)C2)c1. The van der Waals surface area contributed by atoms with Crippen LogP contribution in [0.3, 0.4) is 0 Å². The first kappa shape index (κ1) is 15.4. The average Bonchev–Trinajstić information content (AvgIpc) is 2.86. The van der Waals surface area contributed by atoms with Crippen molar-refractivity contribution in [1.82, 2.24) is 9.97 Å². The van der Waals surface area contributed by atoms with Gasteiger partial charge in [0.1, 0.15) is 0 Å². The van der Waals surface area contributed by atoms with Crippen molar-refractivity contribution in [2.45, 2.75) is 12.8 Å². The maximum Gasteiger partial charge on any atom is 0.0641 e. The maximum atomic E-state index is 6.02. The van der Waals surface area contributed by atoms with Crippen LogP contribution in [0.4, 0.5) is 11.4 Å². The first-order chi connectivity index (χ1) is 11.8. The standard InChI is InChI=1S/C19H24N4O/c1-4-17(12-20-7-1)22-9-3-6-19(14-22)15-23(10-11-24-16-19)18-5-2-8-21-13-18/h1-2,4-5,7-8,12-13H,3,6,9-11,14-16H2. The largest absolute Gasteiger partial charge is 0.379 e. The van der Waals surface area contributed by atoms with Crippen LogP contribution >= 0.6 is 0 Å². The van der Waals surface area contributed by atoms with E-state index in [0.717, 1.165) is 39.4 Å². The minimum atomic E-state index is 0.167. The normalized spacial score (nSPS) is 24.8. The third kappa shape index (κ3) is 3.22. The Morgan fingerprint density at radius 3 is 2.21 bits per heavy atom. The molecule has 0 bridgehead atoms. The fraction of sp³-hybridized carbons (Fsp3) is 0.474. The van der Waals surface area contributed by atoms with E-state index in [4.69, 9.17) is 4.74 Å². The molecule has 0 radical (unpaired) electrons. The van der Waals surface area contributed by atoms with Crippen molar-refractivity contribution in [2.75, 3.05) is 49.2 Å². The highest BCUT2D eigenvalue weighted by Crippen LogP contribution is 2.36. The minimum Gasteiger partial charge on any atom is -0.379 e. The number of hydrogen-bond acceptors (Lipinski definition) is 5. The summed E-state index contributed by atoms with van der Waals surface area (Å²) in [4.78, 5) is 13.5. The molecule has 2 aromatic rings. The third-order valence-corrected chi connectivity index (χ3v) is 5.12. The van der Waals surface area contributed by atoms with Crippen LogP contribution in [0.25, 0.3) is 0 Å². The summed E-state index contributed by atoms with van der Waals surface area (Å²) in [6.07, 6.45) is 10.00. The molecule has 0 aliphatic carbocycles. The van der Waals surface area contributed by atoms with Gasteiger partial charge < -0.3 is 14.5 Å². The Bertz CT molecular complexity index is 651. The van der Waals surface area contributed by atoms with E-state index in [-0.39, 0.29) is 5.41 Å². The van der Waals surface area contributed by atoms with Crippen molar-refractivity contribution < 1.29 is 4.74 Å². The van der Waals surface area contributed by atoms with Gasteiger partial charge in [-0.2, -0.15) is 0 Å². The molecule has 5 heteroatoms. The first-order valence-corrected chi connectivity index (χ1v) is 8.72. The lowest BCUT2D eigenvalue weighted by atomic mass is 9.80. The molecule has 2 aliphatic rings. The van der Waals surface area contributed by atoms with Crippen LogP contribution in [0.15, 0.2) is 49.1 Å². The molecule has 2 saturated heterocycles. The highest BCUT2D eigenvalue weighted by molar-refractivity contribution is 5.46. The topological polar surface area (TPSA) is 41.5 Å². The molecule has 4 heterocycles. The van der Waals surface area contributed by atoms with Gasteiger partial charge in [0.25, 0.3) is 0 Å². The molecule has 1 spiro atoms. The summed E-state index contributed by atoms with van der Waals surface area (Å²) in [7, 11) is 0. The van der Waals surface area contributed by atoms with Gasteiger partial charge in [-0.15, -0.1) is 0 Å². The molecule has 0 saturated carbocycles. The molecule has 2 aliphatic heterocycles. The number of anilines is 2. The highest BCUT2D eigenvalue weighted by atomic mass is 16.5. The van der Waals surface area contributed by atoms with Gasteiger partial charge in [0.15, 0.2) is 0 Å². The lowest BCUT2D eigenvalue weighted by molar-refractivity contribution is 0.0599. The molecule has 0 aromatic carbocycles. The molecule has 4 rings (SSSR count). The fourth-order valence-corrected chi connectivity index (χ4v) is 3.97. The fourth-order valence-electron chi connectivity index (χ4n) is 3.97. The predicted octanol–water partition coefficient (Wildman–Crippen LogP) is 2.60. The lowest BCUT2D eigenvalue weighted by Crippen LogP contribution is -2.50. The van der Waals surface area contributed by atoms with Crippen LogP contribution in [0.2, 0.25) is 0 Å². The van der Waals surface area contributed by atoms with E-state index < -0.39 is 0 Å². The van der Waals surface area contributed by atoms with E-state index in [1.54, 1.807) is 0 Å². The molecule has 24 heavy (non-hydrogen) atoms. The summed E-state index contributed by atoms with van der Waals surface area (Å²) in [5, 5.41) is 0. The summed E-state index contributed by atoms with van der Waals surface area (Å²) in [6.45, 7) is 5.69. The first-order valence-electron chi connectivity index (χ1n) is 8.72. The Kier molecular flexibility index (Phi) is 4.34. The molecule has 126 valence electrons. The van der Waals surface area contributed by atoms with Crippen LogP contribution in [0.1, 0.15) is 12.8 Å². The number of aromatic nitrogens is 2. The van der Waals surface area contributed by atoms with Crippen molar-refractivity contribution in [3.63, 3.8) is 0 Å². The summed E-state index contributed by atoms with van der Waals surface area (Å²) < 4.78 is 6.02. The van der Waals surface area contributed by atoms with Crippen LogP contribution in [-0.4, -0.2) is 49.4 Å². The Labute approximate surface area is 143 Å². The van der Waals surface area contributed by atoms with Gasteiger partial charge in [-0.25, -0.2) is 0 Å². The van der Waals surface area contributed by atoms with Crippen LogP contribution < -0.4 is 9.80 Å². The quantitative estimate of drug-likeness (QED) is 0.849. The van der Waals surface area contributed by atoms with Crippen molar-refractivity contribution >= 4 is 11.4 Å². The second-order valence-electron chi connectivity index (χ2n) is 6.92. The molecular formula is C19H24N4O. The lowest BCUT2D eigenvalue weighted by Gasteiger charge is -2.44. The second kappa shape index (κ2) is 6.77. The van der Waals surface area contributed by atoms with Crippen molar-refractivity contribution in [3.05, 3.63) is 49.1 Å². The molecule has 5 nitrogen and oxygen atoms in total. The van der Waals surface area contributed by atoms with Crippen molar-refractivity contribution in [2.24, 2.45) is 5.41 Å². The molecule has 1 unspecified atom stereocenters. The summed E-state index contributed by atoms with van der Waals surface area (Å²) >= 11 is 0. The zero-order valence-electron chi connectivity index (χ0n) is 14.0. The van der Waals surface area contributed by atoms with Gasteiger partial charge in [-0.1, -0.05) is 0 Å². The number of piperidine rings is 1. The van der Waals surface area contributed by atoms with Gasteiger partial charge in [0.05, 0.1) is 37.0 Å². The zero-order chi connectivity index (χ0) is 16.2. The molecule has 2 fully saturated rings. The summed E-state index contributed by atoms with van der Waals surface area (Å²) in [5.74, 6) is 0. The van der Waals surface area contributed by atoms with E-state index in [1.165, 1.54) is 24.2 Å². The minimum absolute atomic E-state index is 0.167. The van der Waals surface area contributed by atoms with Gasteiger partial charge in [-0.3, -0.25) is 9.97 Å². The molecule has 0 amide bonds. The Hall–Kier alpha value is -2.14. The van der Waals surface area contributed by atoms with Gasteiger partial charge >= 0.3 is 0 Å². The third-order valence-electron chi connectivity index (χ3n) is 5.12. The average molecular weight is 324 g/mol. The Morgan fingerprint density at radius 1 is 0.917 bits per heavy atom. The predicted molar refractivity (Wildman–Crippen MR) is 95.4 cm³/mol. The number of pyridine rings is 2. The van der Waals surface area contributed by atoms with Crippen LogP contribution in [0.5, 0.6) is 0 Å². The monoisotopic (exact) mass is 324 g/mol. The van der Waals surface area contributed by atoms with E-state index in [0.29, 0.717) is 0 Å². The summed E-state index contributed by atoms with van der Waals surface area (Å²) in [6, 6.07) is 8.33.